The minimum absolute atomic E-state index is 0.0695. The highest BCUT2D eigenvalue weighted by atomic mass is 16.6. The van der Waals surface area contributed by atoms with Crippen molar-refractivity contribution in [3.8, 4) is 0 Å². The third kappa shape index (κ3) is 1.86. The molecule has 3 fully saturated rings. The number of fused-ring (bicyclic) bond motifs is 4. The van der Waals surface area contributed by atoms with Crippen LogP contribution in [-0.2, 0) is 4.74 Å². The largest absolute Gasteiger partial charge is 0.388 e. The van der Waals surface area contributed by atoms with Crippen molar-refractivity contribution in [3.63, 3.8) is 0 Å². The van der Waals surface area contributed by atoms with E-state index in [0.29, 0.717) is 29.3 Å². The van der Waals surface area contributed by atoms with Crippen LogP contribution in [0, 0.1) is 28.6 Å². The molecule has 6 unspecified atom stereocenters. The van der Waals surface area contributed by atoms with E-state index in [1.54, 1.807) is 0 Å². The molecule has 0 amide bonds. The van der Waals surface area contributed by atoms with Crippen LogP contribution in [0.1, 0.15) is 66.7 Å². The van der Waals surface area contributed by atoms with Gasteiger partial charge in [-0.2, -0.15) is 0 Å². The number of epoxide rings is 1. The predicted molar refractivity (Wildman–Crippen MR) is 88.5 cm³/mol. The third-order valence-corrected chi connectivity index (χ3v) is 7.93. The molecule has 3 aliphatic carbocycles. The van der Waals surface area contributed by atoms with Gasteiger partial charge in [0, 0.05) is 5.41 Å². The van der Waals surface area contributed by atoms with Gasteiger partial charge in [-0.1, -0.05) is 39.3 Å². The molecule has 0 aromatic rings. The molecule has 0 bridgehead atoms. The smallest absolute Gasteiger partial charge is 0.0920 e. The highest BCUT2D eigenvalue weighted by Crippen LogP contribution is 2.66. The maximum atomic E-state index is 10.8. The number of aliphatic hydroxyl groups is 1. The molecular weight excluding hydrogens is 272 g/mol. The van der Waals surface area contributed by atoms with Gasteiger partial charge >= 0.3 is 0 Å². The van der Waals surface area contributed by atoms with Gasteiger partial charge in [-0.05, 0) is 62.2 Å². The van der Waals surface area contributed by atoms with Crippen molar-refractivity contribution < 1.29 is 9.84 Å². The zero-order chi connectivity index (χ0) is 15.9. The number of hydrogen-bond donors (Lipinski definition) is 1. The Morgan fingerprint density at radius 3 is 2.59 bits per heavy atom. The lowest BCUT2D eigenvalue weighted by Gasteiger charge is -2.54. The van der Waals surface area contributed by atoms with E-state index in [2.05, 4.69) is 40.7 Å². The fourth-order valence-corrected chi connectivity index (χ4v) is 6.13. The molecule has 4 rings (SSSR count). The van der Waals surface area contributed by atoms with E-state index in [4.69, 9.17) is 4.74 Å². The summed E-state index contributed by atoms with van der Waals surface area (Å²) in [5, 5.41) is 10.8. The molecular formula is C20H32O2. The maximum absolute atomic E-state index is 10.8. The molecule has 1 N–H and O–H groups in total. The van der Waals surface area contributed by atoms with Gasteiger partial charge < -0.3 is 9.84 Å². The monoisotopic (exact) mass is 304 g/mol. The molecule has 1 saturated heterocycles. The van der Waals surface area contributed by atoms with Crippen molar-refractivity contribution in [1.29, 1.82) is 0 Å². The van der Waals surface area contributed by atoms with Crippen LogP contribution < -0.4 is 0 Å². The Bertz CT molecular complexity index is 524. The van der Waals surface area contributed by atoms with Crippen LogP contribution in [0.25, 0.3) is 0 Å². The minimum Gasteiger partial charge on any atom is -0.388 e. The number of allylic oxidation sites excluding steroid dienone is 1. The van der Waals surface area contributed by atoms with Crippen molar-refractivity contribution in [1.82, 2.24) is 0 Å². The van der Waals surface area contributed by atoms with E-state index < -0.39 is 0 Å². The highest BCUT2D eigenvalue weighted by molar-refractivity contribution is 5.29. The van der Waals surface area contributed by atoms with E-state index in [1.165, 1.54) is 31.3 Å². The van der Waals surface area contributed by atoms with Gasteiger partial charge in [-0.25, -0.2) is 0 Å². The van der Waals surface area contributed by atoms with E-state index in [9.17, 15) is 5.11 Å². The van der Waals surface area contributed by atoms with Crippen LogP contribution in [-0.4, -0.2) is 22.9 Å². The van der Waals surface area contributed by atoms with Crippen LogP contribution in [0.15, 0.2) is 11.6 Å². The summed E-state index contributed by atoms with van der Waals surface area (Å²) in [5.74, 6) is 1.83. The standard InChI is InChI=1S/C20H32O2/c1-12(2)13-10-15(21)19(4)9-8-18(3)11-16-20(5,22-16)7-6-14(18)17(13)19/h10,12,14-17,21H,6-9,11H2,1-5H3/t14-,15?,16?,17?,18?,19?,20?/m1/s1. The summed E-state index contributed by atoms with van der Waals surface area (Å²) in [6.07, 6.45) is 8.55. The predicted octanol–water partition coefficient (Wildman–Crippen LogP) is 4.32. The topological polar surface area (TPSA) is 32.8 Å². The Balaban J connectivity index is 1.73. The fraction of sp³-hybridized carbons (Fsp3) is 0.900. The molecule has 0 aromatic carbocycles. The molecule has 1 aliphatic heterocycles. The van der Waals surface area contributed by atoms with Crippen LogP contribution >= 0.6 is 0 Å². The molecule has 2 saturated carbocycles. The Morgan fingerprint density at radius 2 is 1.91 bits per heavy atom. The van der Waals surface area contributed by atoms with Crippen molar-refractivity contribution in [2.24, 2.45) is 28.6 Å². The van der Waals surface area contributed by atoms with Gasteiger partial charge in [0.15, 0.2) is 0 Å². The van der Waals surface area contributed by atoms with E-state index in [0.717, 1.165) is 6.42 Å². The number of aliphatic hydroxyl groups excluding tert-OH is 1. The Labute approximate surface area is 135 Å². The van der Waals surface area contributed by atoms with Gasteiger partial charge in [-0.15, -0.1) is 0 Å². The first-order chi connectivity index (χ1) is 10.2. The van der Waals surface area contributed by atoms with Crippen LogP contribution in [0.4, 0.5) is 0 Å². The van der Waals surface area contributed by atoms with Gasteiger partial charge in [0.2, 0.25) is 0 Å². The lowest BCUT2D eigenvalue weighted by atomic mass is 9.51. The second kappa shape index (κ2) is 4.39. The lowest BCUT2D eigenvalue weighted by Crippen LogP contribution is -2.49. The second-order valence-corrected chi connectivity index (χ2v) is 9.67. The average Bonchev–Trinajstić information content (AvgIpc) is 2.99. The summed E-state index contributed by atoms with van der Waals surface area (Å²) in [4.78, 5) is 0. The van der Waals surface area contributed by atoms with Gasteiger partial charge in [0.05, 0.1) is 17.8 Å². The molecule has 4 aliphatic rings. The van der Waals surface area contributed by atoms with E-state index in [1.807, 2.05) is 0 Å². The fourth-order valence-electron chi connectivity index (χ4n) is 6.13. The summed E-state index contributed by atoms with van der Waals surface area (Å²) in [5.41, 5.74) is 2.16. The van der Waals surface area contributed by atoms with Crippen LogP contribution in [0.3, 0.4) is 0 Å². The van der Waals surface area contributed by atoms with Crippen molar-refractivity contribution in [2.75, 3.05) is 0 Å². The van der Waals surface area contributed by atoms with Gasteiger partial charge in [0.25, 0.3) is 0 Å². The van der Waals surface area contributed by atoms with Gasteiger partial charge in [0.1, 0.15) is 0 Å². The molecule has 2 nitrogen and oxygen atoms in total. The lowest BCUT2D eigenvalue weighted by molar-refractivity contribution is -0.0702. The quantitative estimate of drug-likeness (QED) is 0.578. The molecule has 0 aromatic heterocycles. The van der Waals surface area contributed by atoms with Gasteiger partial charge in [-0.3, -0.25) is 0 Å². The van der Waals surface area contributed by atoms with Crippen LogP contribution in [0.5, 0.6) is 0 Å². The van der Waals surface area contributed by atoms with E-state index >= 15 is 0 Å². The SMILES string of the molecule is CC(C)C1=CC(O)C2(C)CCC3(C)CC4OC4(C)CC[C@@H]3C12. The average molecular weight is 304 g/mol. The van der Waals surface area contributed by atoms with Crippen molar-refractivity contribution >= 4 is 0 Å². The first kappa shape index (κ1) is 15.2. The molecule has 0 spiro atoms. The molecule has 2 heteroatoms. The summed E-state index contributed by atoms with van der Waals surface area (Å²) in [6, 6.07) is 0. The van der Waals surface area contributed by atoms with E-state index in [-0.39, 0.29) is 17.1 Å². The maximum Gasteiger partial charge on any atom is 0.0920 e. The summed E-state index contributed by atoms with van der Waals surface area (Å²) >= 11 is 0. The van der Waals surface area contributed by atoms with Crippen LogP contribution in [0.2, 0.25) is 0 Å². The minimum atomic E-state index is -0.246. The highest BCUT2D eigenvalue weighted by Gasteiger charge is 2.64. The number of rotatable bonds is 1. The Morgan fingerprint density at radius 1 is 1.18 bits per heavy atom. The third-order valence-electron chi connectivity index (χ3n) is 7.93. The normalized spacial score (nSPS) is 56.8. The van der Waals surface area contributed by atoms with Crippen molar-refractivity contribution in [2.45, 2.75) is 84.5 Å². The molecule has 0 radical (unpaired) electrons. The first-order valence-electron chi connectivity index (χ1n) is 9.27. The number of ether oxygens (including phenoxy) is 1. The summed E-state index contributed by atoms with van der Waals surface area (Å²) in [6.45, 7) is 11.8. The molecule has 124 valence electrons. The number of hydrogen-bond acceptors (Lipinski definition) is 2. The Hall–Kier alpha value is -0.340. The Kier molecular flexibility index (Phi) is 3.03. The molecule has 1 heterocycles. The molecule has 22 heavy (non-hydrogen) atoms. The van der Waals surface area contributed by atoms with Crippen molar-refractivity contribution in [3.05, 3.63) is 11.6 Å². The summed E-state index contributed by atoms with van der Waals surface area (Å²) in [7, 11) is 0. The molecule has 7 atom stereocenters. The zero-order valence-corrected chi connectivity index (χ0v) is 14.9. The zero-order valence-electron chi connectivity index (χ0n) is 14.9. The summed E-state index contributed by atoms with van der Waals surface area (Å²) < 4.78 is 6.03. The first-order valence-corrected chi connectivity index (χ1v) is 9.27. The second-order valence-electron chi connectivity index (χ2n) is 9.67.